The molecule has 7 heteroatoms. The summed E-state index contributed by atoms with van der Waals surface area (Å²) < 4.78 is 17.2. The SMILES string of the molecule is CCc1noc(COc2cc(OC(C)(C)C)ccc2-c2nccnc2C)n1. The number of benzene rings is 1. The van der Waals surface area contributed by atoms with Crippen molar-refractivity contribution in [2.45, 2.75) is 53.2 Å². The van der Waals surface area contributed by atoms with Gasteiger partial charge in [-0.2, -0.15) is 4.98 Å². The van der Waals surface area contributed by atoms with Crippen LogP contribution in [0.4, 0.5) is 0 Å². The lowest BCUT2D eigenvalue weighted by Crippen LogP contribution is -2.22. The minimum Gasteiger partial charge on any atom is -0.488 e. The maximum atomic E-state index is 6.00. The second-order valence-electron chi connectivity index (χ2n) is 7.11. The number of hydrogen-bond acceptors (Lipinski definition) is 7. The minimum atomic E-state index is -0.316. The molecule has 0 unspecified atom stereocenters. The molecular weight excluding hydrogens is 344 g/mol. The highest BCUT2D eigenvalue weighted by Gasteiger charge is 2.17. The molecule has 1 aromatic carbocycles. The van der Waals surface area contributed by atoms with E-state index < -0.39 is 0 Å². The molecule has 0 atom stereocenters. The first-order valence-electron chi connectivity index (χ1n) is 8.91. The van der Waals surface area contributed by atoms with E-state index in [9.17, 15) is 0 Å². The average molecular weight is 368 g/mol. The maximum Gasteiger partial charge on any atom is 0.264 e. The third-order valence-corrected chi connectivity index (χ3v) is 3.69. The Morgan fingerprint density at radius 1 is 1.11 bits per heavy atom. The third kappa shape index (κ3) is 4.81. The predicted molar refractivity (Wildman–Crippen MR) is 101 cm³/mol. The summed E-state index contributed by atoms with van der Waals surface area (Å²) in [4.78, 5) is 13.1. The zero-order chi connectivity index (χ0) is 19.4. The minimum absolute atomic E-state index is 0.165. The molecule has 27 heavy (non-hydrogen) atoms. The van der Waals surface area contributed by atoms with E-state index in [1.54, 1.807) is 12.4 Å². The molecule has 142 valence electrons. The highest BCUT2D eigenvalue weighted by atomic mass is 16.5. The first-order chi connectivity index (χ1) is 12.9. The molecule has 3 rings (SSSR count). The quantitative estimate of drug-likeness (QED) is 0.646. The largest absolute Gasteiger partial charge is 0.488 e. The molecule has 0 aliphatic heterocycles. The van der Waals surface area contributed by atoms with Crippen molar-refractivity contribution >= 4 is 0 Å². The topological polar surface area (TPSA) is 83.2 Å². The number of aryl methyl sites for hydroxylation is 2. The van der Waals surface area contributed by atoms with Gasteiger partial charge in [-0.1, -0.05) is 12.1 Å². The number of nitrogens with zero attached hydrogens (tertiary/aromatic N) is 4. The van der Waals surface area contributed by atoms with Gasteiger partial charge in [-0.05, 0) is 39.8 Å². The summed E-state index contributed by atoms with van der Waals surface area (Å²) in [5.74, 6) is 2.42. The summed E-state index contributed by atoms with van der Waals surface area (Å²) in [7, 11) is 0. The highest BCUT2D eigenvalue weighted by Crippen LogP contribution is 2.35. The fourth-order valence-corrected chi connectivity index (χ4v) is 2.54. The maximum absolute atomic E-state index is 6.00. The molecule has 0 N–H and O–H groups in total. The van der Waals surface area contributed by atoms with Crippen LogP contribution in [0.2, 0.25) is 0 Å². The van der Waals surface area contributed by atoms with Crippen LogP contribution >= 0.6 is 0 Å². The number of rotatable bonds is 6. The van der Waals surface area contributed by atoms with Crippen LogP contribution < -0.4 is 9.47 Å². The van der Waals surface area contributed by atoms with Crippen molar-refractivity contribution in [1.82, 2.24) is 20.1 Å². The lowest BCUT2D eigenvalue weighted by molar-refractivity contribution is 0.130. The van der Waals surface area contributed by atoms with E-state index in [-0.39, 0.29) is 12.2 Å². The molecule has 0 aliphatic rings. The van der Waals surface area contributed by atoms with Crippen molar-refractivity contribution in [3.05, 3.63) is 48.0 Å². The standard InChI is InChI=1S/C20H24N4O3/c1-6-17-23-18(27-24-17)12-25-16-11-14(26-20(3,4)5)7-8-15(16)19-13(2)21-9-10-22-19/h7-11H,6,12H2,1-5H3. The van der Waals surface area contributed by atoms with Crippen molar-refractivity contribution in [1.29, 1.82) is 0 Å². The van der Waals surface area contributed by atoms with E-state index >= 15 is 0 Å². The zero-order valence-electron chi connectivity index (χ0n) is 16.3. The average Bonchev–Trinajstić information content (AvgIpc) is 3.08. The van der Waals surface area contributed by atoms with Crippen LogP contribution in [0.3, 0.4) is 0 Å². The second kappa shape index (κ2) is 7.73. The van der Waals surface area contributed by atoms with Gasteiger partial charge in [-0.3, -0.25) is 9.97 Å². The van der Waals surface area contributed by atoms with Crippen molar-refractivity contribution < 1.29 is 14.0 Å². The van der Waals surface area contributed by atoms with Crippen LogP contribution in [0.1, 0.15) is 45.1 Å². The van der Waals surface area contributed by atoms with Crippen LogP contribution in [0.15, 0.2) is 35.1 Å². The number of aromatic nitrogens is 4. The predicted octanol–water partition coefficient (Wildman–Crippen LogP) is 4.15. The van der Waals surface area contributed by atoms with Gasteiger partial charge in [0.15, 0.2) is 12.4 Å². The summed E-state index contributed by atoms with van der Waals surface area (Å²) in [5.41, 5.74) is 2.09. The van der Waals surface area contributed by atoms with E-state index in [0.717, 1.165) is 17.0 Å². The van der Waals surface area contributed by atoms with Crippen LogP contribution in [0, 0.1) is 6.92 Å². The highest BCUT2D eigenvalue weighted by molar-refractivity contribution is 5.70. The molecule has 0 bridgehead atoms. The molecule has 0 saturated carbocycles. The fraction of sp³-hybridized carbons (Fsp3) is 0.400. The monoisotopic (exact) mass is 368 g/mol. The molecule has 0 fully saturated rings. The summed E-state index contributed by atoms with van der Waals surface area (Å²) in [6.07, 6.45) is 4.04. The van der Waals surface area contributed by atoms with Gasteiger partial charge in [0, 0.05) is 30.4 Å². The van der Waals surface area contributed by atoms with Gasteiger partial charge in [-0.25, -0.2) is 0 Å². The molecular formula is C20H24N4O3. The summed E-state index contributed by atoms with van der Waals surface area (Å²) in [5, 5.41) is 3.89. The lowest BCUT2D eigenvalue weighted by Gasteiger charge is -2.22. The zero-order valence-corrected chi connectivity index (χ0v) is 16.3. The van der Waals surface area contributed by atoms with Crippen LogP contribution in [0.25, 0.3) is 11.3 Å². The molecule has 0 amide bonds. The van der Waals surface area contributed by atoms with Crippen molar-refractivity contribution in [3.63, 3.8) is 0 Å². The van der Waals surface area contributed by atoms with E-state index in [4.69, 9.17) is 14.0 Å². The van der Waals surface area contributed by atoms with Crippen molar-refractivity contribution in [2.75, 3.05) is 0 Å². The van der Waals surface area contributed by atoms with Gasteiger partial charge in [0.25, 0.3) is 5.89 Å². The van der Waals surface area contributed by atoms with E-state index in [1.165, 1.54) is 0 Å². The van der Waals surface area contributed by atoms with Gasteiger partial charge < -0.3 is 14.0 Å². The molecule has 7 nitrogen and oxygen atoms in total. The van der Waals surface area contributed by atoms with E-state index in [2.05, 4.69) is 20.1 Å². The number of hydrogen-bond donors (Lipinski definition) is 0. The lowest BCUT2D eigenvalue weighted by atomic mass is 10.1. The Bertz CT molecular complexity index is 916. The van der Waals surface area contributed by atoms with E-state index in [0.29, 0.717) is 29.6 Å². The van der Waals surface area contributed by atoms with Crippen LogP contribution in [-0.2, 0) is 13.0 Å². The van der Waals surface area contributed by atoms with Gasteiger partial charge in [0.1, 0.15) is 17.1 Å². The Labute approximate surface area is 158 Å². The fourth-order valence-electron chi connectivity index (χ4n) is 2.54. The molecule has 0 saturated heterocycles. The molecule has 0 radical (unpaired) electrons. The smallest absolute Gasteiger partial charge is 0.264 e. The Hall–Kier alpha value is -2.96. The summed E-state index contributed by atoms with van der Waals surface area (Å²) in [6.45, 7) is 10.0. The molecule has 0 aliphatic carbocycles. The summed E-state index contributed by atoms with van der Waals surface area (Å²) in [6, 6.07) is 5.69. The Morgan fingerprint density at radius 2 is 1.89 bits per heavy atom. The molecule has 2 heterocycles. The third-order valence-electron chi connectivity index (χ3n) is 3.69. The first-order valence-corrected chi connectivity index (χ1v) is 8.91. The Morgan fingerprint density at radius 3 is 2.56 bits per heavy atom. The van der Waals surface area contributed by atoms with E-state index in [1.807, 2.05) is 52.8 Å². The van der Waals surface area contributed by atoms with Crippen LogP contribution in [0.5, 0.6) is 11.5 Å². The van der Waals surface area contributed by atoms with Gasteiger partial charge in [0.2, 0.25) is 0 Å². The summed E-state index contributed by atoms with van der Waals surface area (Å²) >= 11 is 0. The van der Waals surface area contributed by atoms with Crippen molar-refractivity contribution in [3.8, 4) is 22.8 Å². The van der Waals surface area contributed by atoms with Crippen LogP contribution in [-0.4, -0.2) is 25.7 Å². The number of ether oxygens (including phenoxy) is 2. The van der Waals surface area contributed by atoms with Gasteiger partial charge in [0.05, 0.1) is 11.4 Å². The van der Waals surface area contributed by atoms with Gasteiger partial charge in [-0.15, -0.1) is 0 Å². The van der Waals surface area contributed by atoms with Gasteiger partial charge >= 0.3 is 0 Å². The van der Waals surface area contributed by atoms with Crippen molar-refractivity contribution in [2.24, 2.45) is 0 Å². The normalized spacial score (nSPS) is 11.4. The Kier molecular flexibility index (Phi) is 5.39. The second-order valence-corrected chi connectivity index (χ2v) is 7.11. The molecule has 0 spiro atoms. The molecule has 3 aromatic rings. The molecule has 2 aromatic heterocycles. The Balaban J connectivity index is 1.93. The first kappa shape index (κ1) is 18.8.